The van der Waals surface area contributed by atoms with Crippen LogP contribution in [0.25, 0.3) is 0 Å². The number of nitrogens with one attached hydrogen (secondary N) is 1. The maximum atomic E-state index is 12.5. The summed E-state index contributed by atoms with van der Waals surface area (Å²) in [5.74, 6) is 0. The predicted octanol–water partition coefficient (Wildman–Crippen LogP) is 2.68. The van der Waals surface area contributed by atoms with Crippen molar-refractivity contribution in [3.8, 4) is 0 Å². The normalized spacial score (nSPS) is 20.9. The zero-order valence-corrected chi connectivity index (χ0v) is 13.9. The van der Waals surface area contributed by atoms with Crippen molar-refractivity contribution < 1.29 is 19.1 Å². The Hall–Kier alpha value is -2.28. The molecule has 24 heavy (non-hydrogen) atoms. The molecule has 1 atom stereocenters. The maximum Gasteiger partial charge on any atom is 0.414 e. The molecule has 0 saturated carbocycles. The van der Waals surface area contributed by atoms with Crippen LogP contribution in [0.15, 0.2) is 24.3 Å². The van der Waals surface area contributed by atoms with E-state index in [2.05, 4.69) is 5.32 Å². The summed E-state index contributed by atoms with van der Waals surface area (Å²) < 4.78 is 10.6. The number of cyclic esters (lactones) is 1. The summed E-state index contributed by atoms with van der Waals surface area (Å²) in [5.41, 5.74) is 1.39. The average molecular weight is 333 g/mol. The van der Waals surface area contributed by atoms with Crippen molar-refractivity contribution in [2.24, 2.45) is 0 Å². The topological polar surface area (TPSA) is 71.1 Å². The third-order valence-electron chi connectivity index (χ3n) is 4.24. The first-order valence-corrected chi connectivity index (χ1v) is 8.39. The third kappa shape index (κ3) is 3.79. The fraction of sp³-hybridized carbons (Fsp3) is 0.529. The standard InChI is InChI=1S/C17H23N3O4/c1-2-23-15-7-4-8-19(12-15)16(21)18-13-5-3-6-14(11-13)20-9-10-24-17(20)22/h3,5-6,11,15H,2,4,7-10,12H2,1H3,(H,18,21)/t15-/m0/s1. The van der Waals surface area contributed by atoms with Gasteiger partial charge in [0.15, 0.2) is 0 Å². The van der Waals surface area contributed by atoms with E-state index in [-0.39, 0.29) is 18.2 Å². The van der Waals surface area contributed by atoms with Gasteiger partial charge in [-0.15, -0.1) is 0 Å². The Morgan fingerprint density at radius 3 is 3.04 bits per heavy atom. The molecule has 0 unspecified atom stereocenters. The van der Waals surface area contributed by atoms with Crippen LogP contribution in [0.2, 0.25) is 0 Å². The summed E-state index contributed by atoms with van der Waals surface area (Å²) in [4.78, 5) is 27.5. The van der Waals surface area contributed by atoms with E-state index in [9.17, 15) is 9.59 Å². The number of likely N-dealkylation sites (tertiary alicyclic amines) is 1. The fourth-order valence-electron chi connectivity index (χ4n) is 3.08. The van der Waals surface area contributed by atoms with E-state index in [1.165, 1.54) is 0 Å². The van der Waals surface area contributed by atoms with Crippen LogP contribution < -0.4 is 10.2 Å². The number of ether oxygens (including phenoxy) is 2. The second-order valence-electron chi connectivity index (χ2n) is 5.91. The number of urea groups is 1. The Kier molecular flexibility index (Phi) is 5.20. The lowest BCUT2D eigenvalue weighted by molar-refractivity contribution is 0.0181. The molecule has 2 aliphatic heterocycles. The van der Waals surface area contributed by atoms with Crippen LogP contribution in [-0.2, 0) is 9.47 Å². The van der Waals surface area contributed by atoms with Gasteiger partial charge in [-0.1, -0.05) is 6.07 Å². The van der Waals surface area contributed by atoms with Gasteiger partial charge in [-0.05, 0) is 38.0 Å². The number of hydrogen-bond donors (Lipinski definition) is 1. The number of benzene rings is 1. The van der Waals surface area contributed by atoms with Crippen LogP contribution in [0.4, 0.5) is 21.0 Å². The highest BCUT2D eigenvalue weighted by Gasteiger charge is 2.25. The quantitative estimate of drug-likeness (QED) is 0.919. The minimum atomic E-state index is -0.353. The average Bonchev–Trinajstić information content (AvgIpc) is 3.02. The SMILES string of the molecule is CCO[C@H]1CCCN(C(=O)Nc2cccc(N3CCOC3=O)c2)C1. The first-order valence-electron chi connectivity index (χ1n) is 8.39. The van der Waals surface area contributed by atoms with E-state index < -0.39 is 0 Å². The van der Waals surface area contributed by atoms with Crippen LogP contribution in [-0.4, -0.2) is 56.0 Å². The Balaban J connectivity index is 1.63. The van der Waals surface area contributed by atoms with Crippen molar-refractivity contribution in [3.05, 3.63) is 24.3 Å². The van der Waals surface area contributed by atoms with Gasteiger partial charge in [-0.3, -0.25) is 4.90 Å². The number of carbonyl (C=O) groups excluding carboxylic acids is 2. The molecule has 3 amide bonds. The molecule has 0 radical (unpaired) electrons. The van der Waals surface area contributed by atoms with E-state index in [0.717, 1.165) is 25.1 Å². The minimum absolute atomic E-state index is 0.111. The molecule has 0 spiro atoms. The lowest BCUT2D eigenvalue weighted by atomic mass is 10.1. The number of anilines is 2. The molecule has 2 saturated heterocycles. The second-order valence-corrected chi connectivity index (χ2v) is 5.91. The first kappa shape index (κ1) is 16.6. The molecule has 2 fully saturated rings. The maximum absolute atomic E-state index is 12.5. The molecular weight excluding hydrogens is 310 g/mol. The van der Waals surface area contributed by atoms with Gasteiger partial charge in [-0.25, -0.2) is 9.59 Å². The van der Waals surface area contributed by atoms with Gasteiger partial charge in [0.2, 0.25) is 0 Å². The van der Waals surface area contributed by atoms with Gasteiger partial charge in [0.1, 0.15) is 6.61 Å². The van der Waals surface area contributed by atoms with Gasteiger partial charge in [0.25, 0.3) is 0 Å². The summed E-state index contributed by atoms with van der Waals surface area (Å²) in [6, 6.07) is 7.10. The monoisotopic (exact) mass is 333 g/mol. The van der Waals surface area contributed by atoms with E-state index in [1.807, 2.05) is 25.1 Å². The highest BCUT2D eigenvalue weighted by molar-refractivity contribution is 5.93. The van der Waals surface area contributed by atoms with Crippen LogP contribution in [0.1, 0.15) is 19.8 Å². The first-order chi connectivity index (χ1) is 11.7. The summed E-state index contributed by atoms with van der Waals surface area (Å²) in [7, 11) is 0. The van der Waals surface area contributed by atoms with Crippen molar-refractivity contribution in [1.29, 1.82) is 0 Å². The summed E-state index contributed by atoms with van der Waals surface area (Å²) in [6.45, 7) is 4.88. The number of piperidine rings is 1. The minimum Gasteiger partial charge on any atom is -0.447 e. The van der Waals surface area contributed by atoms with Gasteiger partial charge in [0, 0.05) is 31.1 Å². The van der Waals surface area contributed by atoms with E-state index >= 15 is 0 Å². The Labute approximate surface area is 141 Å². The lowest BCUT2D eigenvalue weighted by Gasteiger charge is -2.32. The summed E-state index contributed by atoms with van der Waals surface area (Å²) in [6.07, 6.45) is 1.69. The fourth-order valence-corrected chi connectivity index (χ4v) is 3.08. The number of hydrogen-bond acceptors (Lipinski definition) is 4. The van der Waals surface area contributed by atoms with Gasteiger partial charge >= 0.3 is 12.1 Å². The second kappa shape index (κ2) is 7.53. The van der Waals surface area contributed by atoms with Crippen LogP contribution >= 0.6 is 0 Å². The lowest BCUT2D eigenvalue weighted by Crippen LogP contribution is -2.45. The zero-order chi connectivity index (χ0) is 16.9. The predicted molar refractivity (Wildman–Crippen MR) is 90.4 cm³/mol. The number of amides is 3. The molecule has 2 aliphatic rings. The van der Waals surface area contributed by atoms with Crippen molar-refractivity contribution in [2.75, 3.05) is 43.1 Å². The molecule has 7 heteroatoms. The molecule has 2 heterocycles. The van der Waals surface area contributed by atoms with Crippen molar-refractivity contribution >= 4 is 23.5 Å². The molecule has 7 nitrogen and oxygen atoms in total. The van der Waals surface area contributed by atoms with Crippen molar-refractivity contribution in [1.82, 2.24) is 4.90 Å². The number of rotatable bonds is 4. The van der Waals surface area contributed by atoms with Crippen LogP contribution in [0, 0.1) is 0 Å². The van der Waals surface area contributed by atoms with E-state index in [0.29, 0.717) is 32.0 Å². The van der Waals surface area contributed by atoms with Crippen LogP contribution in [0.3, 0.4) is 0 Å². The van der Waals surface area contributed by atoms with Gasteiger partial charge < -0.3 is 19.7 Å². The van der Waals surface area contributed by atoms with Crippen molar-refractivity contribution in [2.45, 2.75) is 25.9 Å². The molecule has 1 N–H and O–H groups in total. The molecule has 0 aromatic heterocycles. The Morgan fingerprint density at radius 1 is 1.42 bits per heavy atom. The zero-order valence-electron chi connectivity index (χ0n) is 13.9. The molecule has 3 rings (SSSR count). The van der Waals surface area contributed by atoms with Crippen LogP contribution in [0.5, 0.6) is 0 Å². The van der Waals surface area contributed by atoms with Gasteiger partial charge in [0.05, 0.1) is 12.6 Å². The molecule has 1 aromatic carbocycles. The van der Waals surface area contributed by atoms with Crippen molar-refractivity contribution in [3.63, 3.8) is 0 Å². The summed E-state index contributed by atoms with van der Waals surface area (Å²) >= 11 is 0. The Morgan fingerprint density at radius 2 is 2.29 bits per heavy atom. The van der Waals surface area contributed by atoms with E-state index in [1.54, 1.807) is 15.9 Å². The summed E-state index contributed by atoms with van der Waals surface area (Å²) in [5, 5.41) is 2.91. The molecule has 1 aromatic rings. The Bertz CT molecular complexity index is 605. The van der Waals surface area contributed by atoms with E-state index in [4.69, 9.17) is 9.47 Å². The largest absolute Gasteiger partial charge is 0.447 e. The number of nitrogens with zero attached hydrogens (tertiary/aromatic N) is 2. The van der Waals surface area contributed by atoms with Gasteiger partial charge in [-0.2, -0.15) is 0 Å². The highest BCUT2D eigenvalue weighted by Crippen LogP contribution is 2.23. The third-order valence-corrected chi connectivity index (χ3v) is 4.24. The molecular formula is C17H23N3O4. The smallest absolute Gasteiger partial charge is 0.414 e. The molecule has 0 aliphatic carbocycles. The molecule has 0 bridgehead atoms. The number of carbonyl (C=O) groups is 2. The highest BCUT2D eigenvalue weighted by atomic mass is 16.6. The molecule has 130 valence electrons.